The molecule has 2 aliphatic carbocycles. The van der Waals surface area contributed by atoms with Crippen molar-refractivity contribution in [3.8, 4) is 0 Å². The minimum Gasteiger partial charge on any atom is -0.462 e. The molecule has 1 aromatic carbocycles. The molecule has 28 heavy (non-hydrogen) atoms. The average Bonchev–Trinajstić information content (AvgIpc) is 3.63. The quantitative estimate of drug-likeness (QED) is 0.552. The molecule has 150 valence electrons. The molecule has 0 bridgehead atoms. The predicted molar refractivity (Wildman–Crippen MR) is 99.0 cm³/mol. The van der Waals surface area contributed by atoms with E-state index >= 15 is 0 Å². The van der Waals surface area contributed by atoms with Crippen molar-refractivity contribution in [3.05, 3.63) is 35.4 Å². The molecule has 2 aliphatic heterocycles. The first kappa shape index (κ1) is 18.1. The van der Waals surface area contributed by atoms with Gasteiger partial charge in [0, 0.05) is 11.8 Å². The molecule has 1 aromatic rings. The number of carbonyl (C=O) groups excluding carboxylic acids is 2. The second kappa shape index (κ2) is 7.48. The van der Waals surface area contributed by atoms with Crippen LogP contribution in [0.3, 0.4) is 0 Å². The third-order valence-corrected chi connectivity index (χ3v) is 6.51. The third kappa shape index (κ3) is 3.80. The van der Waals surface area contributed by atoms with E-state index in [1.807, 2.05) is 0 Å². The highest BCUT2D eigenvalue weighted by atomic mass is 16.6. The summed E-state index contributed by atoms with van der Waals surface area (Å²) in [4.78, 5) is 24.5. The first-order valence-corrected chi connectivity index (χ1v) is 10.4. The van der Waals surface area contributed by atoms with Gasteiger partial charge in [0.1, 0.15) is 0 Å². The van der Waals surface area contributed by atoms with Crippen molar-refractivity contribution >= 4 is 11.9 Å². The largest absolute Gasteiger partial charge is 0.462 e. The minimum atomic E-state index is -0.359. The van der Waals surface area contributed by atoms with Crippen LogP contribution in [0.5, 0.6) is 0 Å². The fourth-order valence-corrected chi connectivity index (χ4v) is 4.73. The Labute approximate surface area is 164 Å². The van der Waals surface area contributed by atoms with Crippen LogP contribution in [0.2, 0.25) is 0 Å². The number of rotatable bonds is 6. The summed E-state index contributed by atoms with van der Waals surface area (Å²) in [5, 5.41) is 0. The Kier molecular flexibility index (Phi) is 4.85. The Balaban J connectivity index is 1.09. The van der Waals surface area contributed by atoms with E-state index in [9.17, 15) is 9.59 Å². The van der Waals surface area contributed by atoms with Crippen LogP contribution < -0.4 is 0 Å². The molecule has 4 fully saturated rings. The van der Waals surface area contributed by atoms with Gasteiger partial charge in [0.15, 0.2) is 0 Å². The molecule has 6 heteroatoms. The van der Waals surface area contributed by atoms with Crippen LogP contribution in [-0.4, -0.2) is 49.6 Å². The highest BCUT2D eigenvalue weighted by molar-refractivity contribution is 5.93. The highest BCUT2D eigenvalue weighted by Gasteiger charge is 2.48. The van der Waals surface area contributed by atoms with Gasteiger partial charge in [-0.15, -0.1) is 0 Å². The molecule has 0 N–H and O–H groups in total. The number of ether oxygens (including phenoxy) is 4. The number of hydrogen-bond acceptors (Lipinski definition) is 6. The van der Waals surface area contributed by atoms with Crippen LogP contribution in [0.15, 0.2) is 24.3 Å². The summed E-state index contributed by atoms with van der Waals surface area (Å²) in [6.45, 7) is 0.796. The van der Waals surface area contributed by atoms with Gasteiger partial charge in [-0.2, -0.15) is 0 Å². The summed E-state index contributed by atoms with van der Waals surface area (Å²) in [7, 11) is 0. The molecule has 2 saturated carbocycles. The number of epoxide rings is 2. The van der Waals surface area contributed by atoms with Crippen LogP contribution in [0, 0.1) is 11.8 Å². The molecule has 0 spiro atoms. The van der Waals surface area contributed by atoms with Crippen LogP contribution >= 0.6 is 0 Å². The maximum absolute atomic E-state index is 12.3. The van der Waals surface area contributed by atoms with Crippen molar-refractivity contribution in [1.82, 2.24) is 0 Å². The number of benzene rings is 1. The summed E-state index contributed by atoms with van der Waals surface area (Å²) < 4.78 is 22.1. The number of carbonyl (C=O) groups is 2. The second-order valence-corrected chi connectivity index (χ2v) is 8.43. The summed E-state index contributed by atoms with van der Waals surface area (Å²) in [5.41, 5.74) is 0.893. The Bertz CT molecular complexity index is 681. The SMILES string of the molecule is O=C(OCC1CCCC2OC12)c1ccc(C(=O)OCC2CCCC3OC23)cc1. The molecule has 5 rings (SSSR count). The standard InChI is InChI=1S/C22H26O6/c23-21(25-11-15-3-1-5-17-19(15)27-17)13-7-9-14(10-8-13)22(24)26-12-16-4-2-6-18-20(16)28-18/h7-10,15-20H,1-6,11-12H2. The number of fused-ring (bicyclic) bond motifs is 2. The van der Waals surface area contributed by atoms with Gasteiger partial charge in [0.05, 0.1) is 48.8 Å². The van der Waals surface area contributed by atoms with Crippen molar-refractivity contribution in [2.24, 2.45) is 11.8 Å². The lowest BCUT2D eigenvalue weighted by Gasteiger charge is -2.18. The maximum atomic E-state index is 12.3. The van der Waals surface area contributed by atoms with E-state index in [1.165, 1.54) is 0 Å². The van der Waals surface area contributed by atoms with Gasteiger partial charge >= 0.3 is 11.9 Å². The van der Waals surface area contributed by atoms with E-state index < -0.39 is 0 Å². The average molecular weight is 386 g/mol. The summed E-state index contributed by atoms with van der Waals surface area (Å²) in [5.74, 6) is -0.0952. The lowest BCUT2D eigenvalue weighted by molar-refractivity contribution is 0.0392. The first-order valence-electron chi connectivity index (χ1n) is 10.4. The fraction of sp³-hybridized carbons (Fsp3) is 0.636. The Morgan fingerprint density at radius 2 is 1.18 bits per heavy atom. The topological polar surface area (TPSA) is 77.7 Å². The first-order chi connectivity index (χ1) is 13.7. The Morgan fingerprint density at radius 1 is 0.750 bits per heavy atom. The molecule has 4 aliphatic rings. The molecule has 2 saturated heterocycles. The van der Waals surface area contributed by atoms with Crippen molar-refractivity contribution < 1.29 is 28.5 Å². The van der Waals surface area contributed by atoms with E-state index in [0.717, 1.165) is 38.5 Å². The zero-order valence-corrected chi connectivity index (χ0v) is 15.9. The minimum absolute atomic E-state index is 0.277. The van der Waals surface area contributed by atoms with Crippen molar-refractivity contribution in [2.45, 2.75) is 62.9 Å². The molecule has 0 radical (unpaired) electrons. The van der Waals surface area contributed by atoms with Gasteiger partial charge in [-0.1, -0.05) is 12.8 Å². The van der Waals surface area contributed by atoms with Crippen molar-refractivity contribution in [3.63, 3.8) is 0 Å². The van der Waals surface area contributed by atoms with Crippen LogP contribution in [0.4, 0.5) is 0 Å². The lowest BCUT2D eigenvalue weighted by atomic mass is 9.90. The number of esters is 2. The Morgan fingerprint density at radius 3 is 1.61 bits per heavy atom. The second-order valence-electron chi connectivity index (χ2n) is 8.43. The fourth-order valence-electron chi connectivity index (χ4n) is 4.73. The van der Waals surface area contributed by atoms with Gasteiger partial charge in [-0.3, -0.25) is 0 Å². The van der Waals surface area contributed by atoms with E-state index in [1.54, 1.807) is 24.3 Å². The molecule has 6 atom stereocenters. The smallest absolute Gasteiger partial charge is 0.338 e. The molecule has 6 nitrogen and oxygen atoms in total. The molecule has 2 heterocycles. The predicted octanol–water partition coefficient (Wildman–Crippen LogP) is 3.14. The highest BCUT2D eigenvalue weighted by Crippen LogP contribution is 2.41. The molecular weight excluding hydrogens is 360 g/mol. The van der Waals surface area contributed by atoms with Crippen molar-refractivity contribution in [2.75, 3.05) is 13.2 Å². The molecule has 0 aromatic heterocycles. The van der Waals surface area contributed by atoms with Crippen LogP contribution in [-0.2, 0) is 18.9 Å². The number of hydrogen-bond donors (Lipinski definition) is 0. The third-order valence-electron chi connectivity index (χ3n) is 6.51. The van der Waals surface area contributed by atoms with E-state index in [4.69, 9.17) is 18.9 Å². The maximum Gasteiger partial charge on any atom is 0.338 e. The van der Waals surface area contributed by atoms with E-state index in [0.29, 0.717) is 48.4 Å². The van der Waals surface area contributed by atoms with Gasteiger partial charge in [-0.05, 0) is 49.9 Å². The summed E-state index contributed by atoms with van der Waals surface area (Å²) >= 11 is 0. The monoisotopic (exact) mass is 386 g/mol. The zero-order valence-electron chi connectivity index (χ0n) is 15.9. The molecule has 0 amide bonds. The summed E-state index contributed by atoms with van der Waals surface area (Å²) in [6.07, 6.45) is 7.94. The molecule has 6 unspecified atom stereocenters. The van der Waals surface area contributed by atoms with Gasteiger partial charge < -0.3 is 18.9 Å². The van der Waals surface area contributed by atoms with Crippen molar-refractivity contribution in [1.29, 1.82) is 0 Å². The lowest BCUT2D eigenvalue weighted by Crippen LogP contribution is -2.23. The van der Waals surface area contributed by atoms with Crippen LogP contribution in [0.25, 0.3) is 0 Å². The van der Waals surface area contributed by atoms with Crippen LogP contribution in [0.1, 0.15) is 59.2 Å². The van der Waals surface area contributed by atoms with E-state index in [-0.39, 0.29) is 24.1 Å². The summed E-state index contributed by atoms with van der Waals surface area (Å²) in [6, 6.07) is 6.49. The van der Waals surface area contributed by atoms with Gasteiger partial charge in [0.25, 0.3) is 0 Å². The zero-order chi connectivity index (χ0) is 19.1. The van der Waals surface area contributed by atoms with Gasteiger partial charge in [0.2, 0.25) is 0 Å². The molecular formula is C22H26O6. The van der Waals surface area contributed by atoms with E-state index in [2.05, 4.69) is 0 Å². The Hall–Kier alpha value is -1.92. The normalized spacial score (nSPS) is 35.3. The van der Waals surface area contributed by atoms with Gasteiger partial charge in [-0.25, -0.2) is 9.59 Å².